The van der Waals surface area contributed by atoms with Crippen LogP contribution in [0.2, 0.25) is 0 Å². The largest absolute Gasteiger partial charge is 0.383 e. The number of nitrogens with one attached hydrogen (secondary N) is 1. The maximum Gasteiger partial charge on any atom is 0.275 e. The van der Waals surface area contributed by atoms with Crippen LogP contribution >= 0.6 is 0 Å². The smallest absolute Gasteiger partial charge is 0.275 e. The van der Waals surface area contributed by atoms with Crippen molar-refractivity contribution in [3.05, 3.63) is 47.0 Å². The Morgan fingerprint density at radius 1 is 1.10 bits per heavy atom. The zero-order chi connectivity index (χ0) is 29.4. The first-order chi connectivity index (χ1) is 19.8. The van der Waals surface area contributed by atoms with Crippen LogP contribution in [0.15, 0.2) is 24.5 Å². The number of carbonyl (C=O) groups is 3. The molecule has 224 valence electrons. The second-order valence-corrected chi connectivity index (χ2v) is 11.5. The van der Waals surface area contributed by atoms with Crippen LogP contribution in [0.3, 0.4) is 0 Å². The number of carbonyl (C=O) groups excluding carboxylic acids is 3. The van der Waals surface area contributed by atoms with Crippen LogP contribution in [-0.4, -0.2) is 106 Å². The van der Waals surface area contributed by atoms with Gasteiger partial charge in [0.25, 0.3) is 5.91 Å². The zero-order valence-corrected chi connectivity index (χ0v) is 25.0. The lowest BCUT2D eigenvalue weighted by atomic mass is 9.89. The van der Waals surface area contributed by atoms with Crippen molar-refractivity contribution in [1.82, 2.24) is 34.8 Å². The molecule has 3 heterocycles. The van der Waals surface area contributed by atoms with Gasteiger partial charge in [0.05, 0.1) is 13.2 Å². The molecule has 4 rings (SSSR count). The van der Waals surface area contributed by atoms with E-state index in [1.165, 1.54) is 4.90 Å². The minimum Gasteiger partial charge on any atom is -0.383 e. The lowest BCUT2D eigenvalue weighted by Gasteiger charge is -2.36. The molecule has 41 heavy (non-hydrogen) atoms. The molecule has 11 nitrogen and oxygen atoms in total. The van der Waals surface area contributed by atoms with Crippen molar-refractivity contribution < 1.29 is 19.1 Å². The Morgan fingerprint density at radius 3 is 2.61 bits per heavy atom. The van der Waals surface area contributed by atoms with Gasteiger partial charge < -0.3 is 19.9 Å². The van der Waals surface area contributed by atoms with Crippen LogP contribution in [0.4, 0.5) is 0 Å². The molecule has 1 aliphatic heterocycles. The summed E-state index contributed by atoms with van der Waals surface area (Å²) in [5.74, 6) is 0.0950. The number of methoxy groups -OCH3 is 1. The molecular weight excluding hydrogens is 522 g/mol. The van der Waals surface area contributed by atoms with Crippen LogP contribution in [0.5, 0.6) is 0 Å². The quantitative estimate of drug-likeness (QED) is 0.516. The summed E-state index contributed by atoms with van der Waals surface area (Å²) < 4.78 is 7.04. The number of rotatable bonds is 8. The second-order valence-electron chi connectivity index (χ2n) is 11.5. The number of ether oxygens (including phenoxy) is 1. The molecule has 0 saturated carbocycles. The molecule has 1 unspecified atom stereocenters. The number of amides is 3. The summed E-state index contributed by atoms with van der Waals surface area (Å²) in [6.07, 6.45) is 7.01. The van der Waals surface area contributed by atoms with Crippen molar-refractivity contribution >= 4 is 17.7 Å². The third kappa shape index (κ3) is 8.13. The van der Waals surface area contributed by atoms with Gasteiger partial charge in [-0.2, -0.15) is 5.10 Å². The van der Waals surface area contributed by atoms with Crippen molar-refractivity contribution in [2.75, 3.05) is 53.0 Å². The molecule has 1 N–H and O–H groups in total. The second kappa shape index (κ2) is 14.5. The van der Waals surface area contributed by atoms with Crippen LogP contribution < -0.4 is 5.32 Å². The molecule has 2 aromatic heterocycles. The minimum atomic E-state index is -0.277. The van der Waals surface area contributed by atoms with E-state index < -0.39 is 0 Å². The average Bonchev–Trinajstić information content (AvgIpc) is 3.29. The molecule has 0 spiro atoms. The fraction of sp³-hybridized carbons (Fsp3) is 0.633. The Bertz CT molecular complexity index is 1180. The van der Waals surface area contributed by atoms with Gasteiger partial charge in [0, 0.05) is 89.5 Å². The maximum atomic E-state index is 13.8. The fourth-order valence-electron chi connectivity index (χ4n) is 5.72. The minimum absolute atomic E-state index is 0.00165. The number of hydrogen-bond acceptors (Lipinski definition) is 7. The molecule has 2 bridgehead atoms. The molecule has 2 aromatic rings. The third-order valence-corrected chi connectivity index (χ3v) is 8.07. The lowest BCUT2D eigenvalue weighted by molar-refractivity contribution is -0.134. The first-order valence-electron chi connectivity index (χ1n) is 14.8. The van der Waals surface area contributed by atoms with E-state index in [4.69, 9.17) is 4.74 Å². The summed E-state index contributed by atoms with van der Waals surface area (Å²) in [7, 11) is 3.44. The Labute approximate surface area is 243 Å². The van der Waals surface area contributed by atoms with Gasteiger partial charge in [-0.1, -0.05) is 13.8 Å². The normalized spacial score (nSPS) is 19.6. The van der Waals surface area contributed by atoms with E-state index in [0.717, 1.165) is 36.1 Å². The van der Waals surface area contributed by atoms with Crippen molar-refractivity contribution in [3.63, 3.8) is 0 Å². The van der Waals surface area contributed by atoms with E-state index >= 15 is 0 Å². The molecule has 3 amide bonds. The standard InChI is InChI=1S/C30H45N7O4/c1-22(2)9-15-37-24-5-6-26-25(19-24)29(33-34(26)3)30(40)36(17-18-41-4)21-27(38)32-13-16-35(14-10-28(37)39)20-23-7-11-31-12-8-23/h7-8,11-12,22,24H,5-6,9-10,13-21H2,1-4H3,(H,32,38). The van der Waals surface area contributed by atoms with E-state index in [1.807, 2.05) is 19.2 Å². The lowest BCUT2D eigenvalue weighted by Crippen LogP contribution is -2.47. The van der Waals surface area contributed by atoms with Gasteiger partial charge in [-0.3, -0.25) is 28.9 Å². The molecule has 11 heteroatoms. The predicted molar refractivity (Wildman–Crippen MR) is 155 cm³/mol. The van der Waals surface area contributed by atoms with E-state index in [1.54, 1.807) is 24.2 Å². The first kappa shape index (κ1) is 30.6. The highest BCUT2D eigenvalue weighted by molar-refractivity contribution is 5.96. The SMILES string of the molecule is COCCN1CC(=O)NCCN(Cc2ccncc2)CCC(=O)N(CCC(C)C)C2CCc3c(c(nn3C)C1=O)C2. The van der Waals surface area contributed by atoms with Crippen molar-refractivity contribution in [3.8, 4) is 0 Å². The van der Waals surface area contributed by atoms with Crippen LogP contribution in [0.1, 0.15) is 60.4 Å². The van der Waals surface area contributed by atoms with Gasteiger partial charge in [0.1, 0.15) is 0 Å². The summed E-state index contributed by atoms with van der Waals surface area (Å²) in [5.41, 5.74) is 3.40. The highest BCUT2D eigenvalue weighted by Crippen LogP contribution is 2.29. The van der Waals surface area contributed by atoms with Gasteiger partial charge in [-0.05, 0) is 49.3 Å². The molecule has 2 aliphatic rings. The average molecular weight is 568 g/mol. The molecule has 1 aliphatic carbocycles. The van der Waals surface area contributed by atoms with E-state index in [9.17, 15) is 14.4 Å². The highest BCUT2D eigenvalue weighted by Gasteiger charge is 2.34. The summed E-state index contributed by atoms with van der Waals surface area (Å²) in [6, 6.07) is 3.94. The molecule has 0 fully saturated rings. The first-order valence-corrected chi connectivity index (χ1v) is 14.8. The molecule has 1 atom stereocenters. The number of aromatic nitrogens is 3. The Kier molecular flexibility index (Phi) is 10.9. The van der Waals surface area contributed by atoms with E-state index in [0.29, 0.717) is 63.8 Å². The van der Waals surface area contributed by atoms with Gasteiger partial charge in [-0.15, -0.1) is 0 Å². The monoisotopic (exact) mass is 567 g/mol. The summed E-state index contributed by atoms with van der Waals surface area (Å²) in [6.45, 7) is 7.80. The van der Waals surface area contributed by atoms with Crippen LogP contribution in [0.25, 0.3) is 0 Å². The number of aryl methyl sites for hydroxylation is 1. The summed E-state index contributed by atoms with van der Waals surface area (Å²) in [5, 5.41) is 7.59. The van der Waals surface area contributed by atoms with Gasteiger partial charge in [-0.25, -0.2) is 0 Å². The maximum absolute atomic E-state index is 13.8. The van der Waals surface area contributed by atoms with E-state index in [-0.39, 0.29) is 36.9 Å². The Balaban J connectivity index is 1.65. The van der Waals surface area contributed by atoms with Crippen molar-refractivity contribution in [1.29, 1.82) is 0 Å². The molecule has 0 saturated heterocycles. The van der Waals surface area contributed by atoms with Crippen molar-refractivity contribution in [2.45, 2.75) is 58.5 Å². The van der Waals surface area contributed by atoms with E-state index in [2.05, 4.69) is 39.0 Å². The van der Waals surface area contributed by atoms with Crippen LogP contribution in [-0.2, 0) is 40.8 Å². The van der Waals surface area contributed by atoms with Gasteiger partial charge in [0.15, 0.2) is 5.69 Å². The predicted octanol–water partition coefficient (Wildman–Crippen LogP) is 1.66. The number of nitrogens with zero attached hydrogens (tertiary/aromatic N) is 6. The fourth-order valence-corrected chi connectivity index (χ4v) is 5.72. The van der Waals surface area contributed by atoms with Crippen molar-refractivity contribution in [2.24, 2.45) is 13.0 Å². The summed E-state index contributed by atoms with van der Waals surface area (Å²) >= 11 is 0. The molecule has 0 aromatic carbocycles. The highest BCUT2D eigenvalue weighted by atomic mass is 16.5. The number of pyridine rings is 1. The number of fused-ring (bicyclic) bond motifs is 1. The Morgan fingerprint density at radius 2 is 1.88 bits per heavy atom. The molecule has 0 radical (unpaired) electrons. The number of hydrogen-bond donors (Lipinski definition) is 1. The third-order valence-electron chi connectivity index (χ3n) is 8.07. The topological polar surface area (TPSA) is 113 Å². The van der Waals surface area contributed by atoms with Crippen LogP contribution in [0, 0.1) is 5.92 Å². The molecular formula is C30H45N7O4. The van der Waals surface area contributed by atoms with Gasteiger partial charge >= 0.3 is 0 Å². The Hall–Kier alpha value is -3.31. The van der Waals surface area contributed by atoms with Gasteiger partial charge in [0.2, 0.25) is 11.8 Å². The zero-order valence-electron chi connectivity index (χ0n) is 25.0. The summed E-state index contributed by atoms with van der Waals surface area (Å²) in [4.78, 5) is 50.5.